The van der Waals surface area contributed by atoms with Gasteiger partial charge in [-0.25, -0.2) is 8.42 Å². The minimum atomic E-state index is -3.85. The molecule has 0 saturated heterocycles. The van der Waals surface area contributed by atoms with Gasteiger partial charge in [-0.3, -0.25) is 14.2 Å². The predicted octanol–water partition coefficient (Wildman–Crippen LogP) is 2.40. The zero-order chi connectivity index (χ0) is 24.9. The van der Waals surface area contributed by atoms with E-state index in [4.69, 9.17) is 15.7 Å². The molecule has 0 bridgehead atoms. The Labute approximate surface area is 198 Å². The van der Waals surface area contributed by atoms with E-state index in [1.807, 2.05) is 6.07 Å². The number of ether oxygens (including phenoxy) is 1. The van der Waals surface area contributed by atoms with Crippen molar-refractivity contribution in [2.75, 3.05) is 37.8 Å². The summed E-state index contributed by atoms with van der Waals surface area (Å²) in [6.07, 6.45) is 1.10. The van der Waals surface area contributed by atoms with Gasteiger partial charge in [0.05, 0.1) is 23.4 Å². The molecule has 11 heteroatoms. The fourth-order valence-corrected chi connectivity index (χ4v) is 4.67. The number of anilines is 2. The quantitative estimate of drug-likeness (QED) is 0.476. The van der Waals surface area contributed by atoms with Gasteiger partial charge < -0.3 is 15.4 Å². The van der Waals surface area contributed by atoms with Crippen molar-refractivity contribution in [3.8, 4) is 11.8 Å². The number of methoxy groups -OCH3 is 1. The molecule has 1 aromatic heterocycles. The molecule has 0 unspecified atom stereocenters. The third kappa shape index (κ3) is 4.97. The first-order chi connectivity index (χ1) is 16.2. The van der Waals surface area contributed by atoms with E-state index in [0.29, 0.717) is 47.6 Å². The van der Waals surface area contributed by atoms with Crippen molar-refractivity contribution < 1.29 is 17.9 Å². The summed E-state index contributed by atoms with van der Waals surface area (Å²) in [4.78, 5) is 14.4. The normalized spacial score (nSPS) is 11.0. The van der Waals surface area contributed by atoms with Crippen molar-refractivity contribution in [3.05, 3.63) is 65.4 Å². The van der Waals surface area contributed by atoms with Crippen molar-refractivity contribution in [1.29, 1.82) is 5.26 Å². The topological polar surface area (TPSA) is 145 Å². The van der Waals surface area contributed by atoms with E-state index < -0.39 is 10.0 Å². The number of benzene rings is 2. The molecule has 3 N–H and O–H groups in total. The molecular formula is C23H26N6O4S. The number of nitriles is 1. The average molecular weight is 483 g/mol. The summed E-state index contributed by atoms with van der Waals surface area (Å²) in [6, 6.07) is 14.6. The summed E-state index contributed by atoms with van der Waals surface area (Å²) in [5.74, 6) is 0.349. The van der Waals surface area contributed by atoms with Gasteiger partial charge in [0.1, 0.15) is 17.4 Å². The van der Waals surface area contributed by atoms with Crippen LogP contribution >= 0.6 is 0 Å². The van der Waals surface area contributed by atoms with Crippen LogP contribution in [0.3, 0.4) is 0 Å². The molecule has 0 spiro atoms. The molecule has 0 radical (unpaired) electrons. The molecule has 10 nitrogen and oxygen atoms in total. The number of nitrogen functional groups attached to an aromatic ring is 1. The molecule has 3 rings (SSSR count). The SMILES string of the molecule is COc1ccccc1N(C)S(=O)(=O)c1ccc(C(=O)N(C)CCCc2[nH]nc(N)c2C#N)cc1. The Kier molecular flexibility index (Phi) is 7.43. The number of aryl methyl sites for hydroxylation is 1. The molecule has 0 aliphatic rings. The highest BCUT2D eigenvalue weighted by Gasteiger charge is 2.24. The summed E-state index contributed by atoms with van der Waals surface area (Å²) in [6.45, 7) is 0.430. The highest BCUT2D eigenvalue weighted by atomic mass is 32.2. The van der Waals surface area contributed by atoms with Crippen LogP contribution in [0.2, 0.25) is 0 Å². The Morgan fingerprint density at radius 3 is 2.50 bits per heavy atom. The molecule has 2 aromatic carbocycles. The van der Waals surface area contributed by atoms with E-state index in [1.54, 1.807) is 31.3 Å². The monoisotopic (exact) mass is 482 g/mol. The number of para-hydroxylation sites is 2. The minimum Gasteiger partial charge on any atom is -0.495 e. The fourth-order valence-electron chi connectivity index (χ4n) is 3.46. The number of hydrogen-bond acceptors (Lipinski definition) is 7. The van der Waals surface area contributed by atoms with Gasteiger partial charge in [0.2, 0.25) is 0 Å². The Balaban J connectivity index is 1.67. The average Bonchev–Trinajstić information content (AvgIpc) is 3.21. The van der Waals surface area contributed by atoms with Crippen LogP contribution in [-0.2, 0) is 16.4 Å². The second-order valence-electron chi connectivity index (χ2n) is 7.57. The number of nitrogens with zero attached hydrogens (tertiary/aromatic N) is 4. The maximum absolute atomic E-state index is 13.1. The molecule has 34 heavy (non-hydrogen) atoms. The van der Waals surface area contributed by atoms with Gasteiger partial charge >= 0.3 is 0 Å². The number of aromatic nitrogens is 2. The lowest BCUT2D eigenvalue weighted by atomic mass is 10.1. The van der Waals surface area contributed by atoms with Crippen molar-refractivity contribution in [1.82, 2.24) is 15.1 Å². The van der Waals surface area contributed by atoms with Crippen molar-refractivity contribution >= 4 is 27.4 Å². The van der Waals surface area contributed by atoms with Crippen LogP contribution in [0, 0.1) is 11.3 Å². The van der Waals surface area contributed by atoms with E-state index >= 15 is 0 Å². The van der Waals surface area contributed by atoms with Crippen molar-refractivity contribution in [2.45, 2.75) is 17.7 Å². The molecule has 0 saturated carbocycles. The van der Waals surface area contributed by atoms with Crippen LogP contribution in [0.1, 0.15) is 28.0 Å². The number of H-pyrrole nitrogens is 1. The van der Waals surface area contributed by atoms with Gasteiger partial charge in [-0.15, -0.1) is 0 Å². The van der Waals surface area contributed by atoms with Crippen LogP contribution in [-0.4, -0.2) is 57.2 Å². The van der Waals surface area contributed by atoms with E-state index in [2.05, 4.69) is 10.2 Å². The second-order valence-corrected chi connectivity index (χ2v) is 9.54. The molecule has 0 atom stereocenters. The number of hydrogen-bond donors (Lipinski definition) is 2. The maximum Gasteiger partial charge on any atom is 0.264 e. The highest BCUT2D eigenvalue weighted by molar-refractivity contribution is 7.92. The number of amides is 1. The number of carbonyl (C=O) groups excluding carboxylic acids is 1. The van der Waals surface area contributed by atoms with Gasteiger partial charge in [-0.2, -0.15) is 10.4 Å². The van der Waals surface area contributed by atoms with Gasteiger partial charge in [0.25, 0.3) is 15.9 Å². The van der Waals surface area contributed by atoms with Gasteiger partial charge in [-0.1, -0.05) is 12.1 Å². The number of nitrogens with one attached hydrogen (secondary N) is 1. The summed E-state index contributed by atoms with van der Waals surface area (Å²) in [7, 11) is 0.732. The number of carbonyl (C=O) groups is 1. The lowest BCUT2D eigenvalue weighted by molar-refractivity contribution is 0.0793. The van der Waals surface area contributed by atoms with Crippen molar-refractivity contribution in [3.63, 3.8) is 0 Å². The Morgan fingerprint density at radius 2 is 1.85 bits per heavy atom. The third-order valence-corrected chi connectivity index (χ3v) is 7.22. The molecule has 178 valence electrons. The van der Waals surface area contributed by atoms with Crippen LogP contribution in [0.15, 0.2) is 53.4 Å². The Hall–Kier alpha value is -4.04. The van der Waals surface area contributed by atoms with Gasteiger partial charge in [-0.05, 0) is 49.2 Å². The predicted molar refractivity (Wildman–Crippen MR) is 128 cm³/mol. The molecule has 1 amide bonds. The van der Waals surface area contributed by atoms with Gasteiger partial charge in [0, 0.05) is 26.2 Å². The van der Waals surface area contributed by atoms with Crippen LogP contribution < -0.4 is 14.8 Å². The first kappa shape index (κ1) is 24.6. The minimum absolute atomic E-state index is 0.0565. The maximum atomic E-state index is 13.1. The lowest BCUT2D eigenvalue weighted by Gasteiger charge is -2.22. The molecule has 0 aliphatic heterocycles. The molecule has 3 aromatic rings. The lowest BCUT2D eigenvalue weighted by Crippen LogP contribution is -2.29. The Morgan fingerprint density at radius 1 is 1.18 bits per heavy atom. The first-order valence-electron chi connectivity index (χ1n) is 10.4. The van der Waals surface area contributed by atoms with E-state index in [0.717, 1.165) is 4.31 Å². The summed E-state index contributed by atoms with van der Waals surface area (Å²) in [5.41, 5.74) is 7.36. The molecule has 0 fully saturated rings. The fraction of sp³-hybridized carbons (Fsp3) is 0.261. The largest absolute Gasteiger partial charge is 0.495 e. The van der Waals surface area contributed by atoms with Gasteiger partial charge in [0.15, 0.2) is 5.82 Å². The zero-order valence-electron chi connectivity index (χ0n) is 19.1. The van der Waals surface area contributed by atoms with Crippen molar-refractivity contribution in [2.24, 2.45) is 0 Å². The first-order valence-corrected chi connectivity index (χ1v) is 11.8. The zero-order valence-corrected chi connectivity index (χ0v) is 20.0. The van der Waals surface area contributed by atoms with E-state index in [1.165, 1.54) is 43.3 Å². The van der Waals surface area contributed by atoms with E-state index in [9.17, 15) is 13.2 Å². The molecule has 0 aliphatic carbocycles. The number of rotatable bonds is 9. The summed E-state index contributed by atoms with van der Waals surface area (Å²) >= 11 is 0. The standard InChI is InChI=1S/C23H26N6O4S/c1-28(14-6-7-19-18(15-24)22(25)27-26-19)23(30)16-10-12-17(13-11-16)34(31,32)29(2)20-8-4-5-9-21(20)33-3/h4-5,8-13H,6-7,14H2,1-3H3,(H3,25,26,27). The van der Waals surface area contributed by atoms with Crippen LogP contribution in [0.5, 0.6) is 5.75 Å². The number of sulfonamides is 1. The van der Waals surface area contributed by atoms with Crippen LogP contribution in [0.4, 0.5) is 11.5 Å². The number of nitrogens with two attached hydrogens (primary N) is 1. The summed E-state index contributed by atoms with van der Waals surface area (Å²) in [5, 5.41) is 15.7. The highest BCUT2D eigenvalue weighted by Crippen LogP contribution is 2.30. The second kappa shape index (κ2) is 10.3. The van der Waals surface area contributed by atoms with Crippen LogP contribution in [0.25, 0.3) is 0 Å². The third-order valence-electron chi connectivity index (χ3n) is 5.43. The molecular weight excluding hydrogens is 456 g/mol. The van der Waals surface area contributed by atoms with E-state index in [-0.39, 0.29) is 16.6 Å². The Bertz CT molecular complexity index is 1310. The smallest absolute Gasteiger partial charge is 0.264 e. The number of aromatic amines is 1. The summed E-state index contributed by atoms with van der Waals surface area (Å²) < 4.78 is 32.6. The molecule has 1 heterocycles.